The quantitative estimate of drug-likeness (QED) is 0.554. The lowest BCUT2D eigenvalue weighted by atomic mass is 10.1. The molecule has 1 aromatic carbocycles. The normalized spacial score (nSPS) is 26.3. The molecule has 0 saturated carbocycles. The van der Waals surface area contributed by atoms with Crippen LogP contribution in [0.3, 0.4) is 0 Å². The molecule has 0 bridgehead atoms. The van der Waals surface area contributed by atoms with Gasteiger partial charge in [-0.25, -0.2) is 19.7 Å². The van der Waals surface area contributed by atoms with Crippen molar-refractivity contribution >= 4 is 23.0 Å². The number of benzene rings is 1. The lowest BCUT2D eigenvalue weighted by Crippen LogP contribution is -2.33. The molecule has 3 aromatic rings. The van der Waals surface area contributed by atoms with Crippen LogP contribution in [0.4, 0.5) is 5.82 Å². The van der Waals surface area contributed by atoms with Gasteiger partial charge in [-0.3, -0.25) is 4.57 Å². The molecular weight excluding hydrogens is 418 g/mol. The third-order valence-corrected chi connectivity index (χ3v) is 5.51. The number of nitrogen functional groups attached to an aromatic ring is 1. The summed E-state index contributed by atoms with van der Waals surface area (Å²) in [7, 11) is 0. The van der Waals surface area contributed by atoms with E-state index in [9.17, 15) is 9.90 Å². The van der Waals surface area contributed by atoms with Crippen molar-refractivity contribution in [2.45, 2.75) is 50.8 Å². The van der Waals surface area contributed by atoms with E-state index in [1.165, 1.54) is 6.33 Å². The molecule has 3 N–H and O–H groups in total. The molecule has 0 radical (unpaired) electrons. The number of imidazole rings is 1. The van der Waals surface area contributed by atoms with Gasteiger partial charge in [0.2, 0.25) is 0 Å². The topological polar surface area (TPSA) is 144 Å². The van der Waals surface area contributed by atoms with Crippen molar-refractivity contribution in [3.63, 3.8) is 0 Å². The zero-order valence-electron chi connectivity index (χ0n) is 17.5. The van der Waals surface area contributed by atoms with Crippen LogP contribution in [0.5, 0.6) is 0 Å². The van der Waals surface area contributed by atoms with Crippen molar-refractivity contribution in [1.29, 1.82) is 0 Å². The molecule has 2 unspecified atom stereocenters. The maximum absolute atomic E-state index is 12.5. The first-order valence-electron chi connectivity index (χ1n) is 10.2. The molecule has 11 heteroatoms. The summed E-state index contributed by atoms with van der Waals surface area (Å²) in [5.41, 5.74) is 7.85. The number of nitrogens with zero attached hydrogens (tertiary/aromatic N) is 4. The van der Waals surface area contributed by atoms with Crippen LogP contribution in [0.1, 0.15) is 36.0 Å². The van der Waals surface area contributed by atoms with Gasteiger partial charge in [-0.15, -0.1) is 0 Å². The predicted molar refractivity (Wildman–Crippen MR) is 110 cm³/mol. The number of rotatable bonds is 5. The first-order chi connectivity index (χ1) is 15.4. The van der Waals surface area contributed by atoms with Crippen molar-refractivity contribution in [1.82, 2.24) is 19.5 Å². The Morgan fingerprint density at radius 2 is 2.06 bits per heavy atom. The van der Waals surface area contributed by atoms with Gasteiger partial charge in [-0.1, -0.05) is 12.1 Å². The Morgan fingerprint density at radius 3 is 2.88 bits per heavy atom. The van der Waals surface area contributed by atoms with Gasteiger partial charge in [-0.2, -0.15) is 0 Å². The Balaban J connectivity index is 1.37. The van der Waals surface area contributed by atoms with Crippen LogP contribution < -0.4 is 5.73 Å². The Kier molecular flexibility index (Phi) is 5.05. The SMILES string of the molecule is CC1(C)OC2[C@H](O1)C(COC(=O)c1cccc(CO)c1)O[C@H]2n1cnc2c(N)ncnc21. The molecule has 168 valence electrons. The maximum Gasteiger partial charge on any atom is 0.338 e. The molecule has 11 nitrogen and oxygen atoms in total. The Labute approximate surface area is 183 Å². The minimum absolute atomic E-state index is 0.0386. The van der Waals surface area contributed by atoms with Gasteiger partial charge in [0, 0.05) is 0 Å². The van der Waals surface area contributed by atoms with Gasteiger partial charge in [0.05, 0.1) is 18.5 Å². The van der Waals surface area contributed by atoms with Crippen LogP contribution in [0.25, 0.3) is 11.2 Å². The largest absolute Gasteiger partial charge is 0.459 e. The molecular formula is C21H23N5O6. The standard InChI is InChI=1S/C21H23N5O6/c1-21(2)31-15-13(8-29-20(28)12-5-3-4-11(6-12)7-27)30-19(16(15)32-21)26-10-25-14-17(22)23-9-24-18(14)26/h3-6,9-10,13,15-16,19,27H,7-8H2,1-2H3,(H2,22,23,24)/t13?,15-,16?,19-/m1/s1. The van der Waals surface area contributed by atoms with Gasteiger partial charge in [0.15, 0.2) is 23.5 Å². The number of fused-ring (bicyclic) bond motifs is 2. The molecule has 4 heterocycles. The second kappa shape index (κ2) is 7.78. The van der Waals surface area contributed by atoms with E-state index in [1.807, 2.05) is 13.8 Å². The van der Waals surface area contributed by atoms with E-state index in [-0.39, 0.29) is 19.0 Å². The van der Waals surface area contributed by atoms with Crippen LogP contribution in [-0.4, -0.2) is 61.3 Å². The van der Waals surface area contributed by atoms with Crippen LogP contribution in [-0.2, 0) is 25.6 Å². The average Bonchev–Trinajstić information content (AvgIpc) is 3.43. The van der Waals surface area contributed by atoms with Crippen molar-refractivity contribution in [3.8, 4) is 0 Å². The highest BCUT2D eigenvalue weighted by molar-refractivity contribution is 5.89. The lowest BCUT2D eigenvalue weighted by molar-refractivity contribution is -0.199. The predicted octanol–water partition coefficient (Wildman–Crippen LogP) is 1.18. The Morgan fingerprint density at radius 1 is 1.25 bits per heavy atom. The van der Waals surface area contributed by atoms with Crippen molar-refractivity contribution in [2.75, 3.05) is 12.3 Å². The fraction of sp³-hybridized carbons (Fsp3) is 0.429. The van der Waals surface area contributed by atoms with Gasteiger partial charge in [-0.05, 0) is 31.5 Å². The zero-order valence-corrected chi connectivity index (χ0v) is 17.5. The van der Waals surface area contributed by atoms with Gasteiger partial charge >= 0.3 is 5.97 Å². The number of anilines is 1. The summed E-state index contributed by atoms with van der Waals surface area (Å²) in [6.07, 6.45) is 0.804. The number of carbonyl (C=O) groups is 1. The van der Waals surface area contributed by atoms with E-state index in [0.29, 0.717) is 22.3 Å². The zero-order chi connectivity index (χ0) is 22.5. The smallest absolute Gasteiger partial charge is 0.338 e. The van der Waals surface area contributed by atoms with E-state index in [2.05, 4.69) is 15.0 Å². The molecule has 0 amide bonds. The van der Waals surface area contributed by atoms with E-state index in [4.69, 9.17) is 24.7 Å². The fourth-order valence-corrected chi connectivity index (χ4v) is 4.11. The highest BCUT2D eigenvalue weighted by Crippen LogP contribution is 2.43. The molecule has 0 spiro atoms. The summed E-state index contributed by atoms with van der Waals surface area (Å²) in [5.74, 6) is -1.09. The molecule has 2 aromatic heterocycles. The van der Waals surface area contributed by atoms with E-state index in [1.54, 1.807) is 35.2 Å². The van der Waals surface area contributed by atoms with Gasteiger partial charge in [0.25, 0.3) is 0 Å². The summed E-state index contributed by atoms with van der Waals surface area (Å²) < 4.78 is 25.6. The van der Waals surface area contributed by atoms with Crippen LogP contribution >= 0.6 is 0 Å². The van der Waals surface area contributed by atoms with E-state index < -0.39 is 36.3 Å². The third kappa shape index (κ3) is 3.58. The van der Waals surface area contributed by atoms with Crippen LogP contribution in [0.2, 0.25) is 0 Å². The minimum Gasteiger partial charge on any atom is -0.459 e. The summed E-state index contributed by atoms with van der Waals surface area (Å²) in [5, 5.41) is 9.28. The molecule has 32 heavy (non-hydrogen) atoms. The molecule has 2 fully saturated rings. The molecule has 2 aliphatic rings. The third-order valence-electron chi connectivity index (χ3n) is 5.51. The van der Waals surface area contributed by atoms with Gasteiger partial charge < -0.3 is 29.8 Å². The summed E-state index contributed by atoms with van der Waals surface area (Å²) in [6, 6.07) is 6.63. The highest BCUT2D eigenvalue weighted by atomic mass is 16.8. The molecule has 0 aliphatic carbocycles. The average molecular weight is 441 g/mol. The van der Waals surface area contributed by atoms with Crippen molar-refractivity contribution in [2.24, 2.45) is 0 Å². The number of aliphatic hydroxyl groups excluding tert-OH is 1. The second-order valence-electron chi connectivity index (χ2n) is 8.17. The maximum atomic E-state index is 12.5. The summed E-state index contributed by atoms with van der Waals surface area (Å²) in [4.78, 5) is 25.1. The summed E-state index contributed by atoms with van der Waals surface area (Å²) >= 11 is 0. The number of hydrogen-bond donors (Lipinski definition) is 2. The molecule has 2 aliphatic heterocycles. The number of nitrogens with two attached hydrogens (primary N) is 1. The van der Waals surface area contributed by atoms with E-state index in [0.717, 1.165) is 0 Å². The van der Waals surface area contributed by atoms with Crippen LogP contribution in [0.15, 0.2) is 36.9 Å². The summed E-state index contributed by atoms with van der Waals surface area (Å²) in [6.45, 7) is 3.44. The monoisotopic (exact) mass is 441 g/mol. The number of ether oxygens (including phenoxy) is 4. The van der Waals surface area contributed by atoms with E-state index >= 15 is 0 Å². The number of aliphatic hydroxyl groups is 1. The lowest BCUT2D eigenvalue weighted by Gasteiger charge is -2.24. The second-order valence-corrected chi connectivity index (χ2v) is 8.17. The highest BCUT2D eigenvalue weighted by Gasteiger charge is 2.56. The molecule has 5 rings (SSSR count). The number of carbonyl (C=O) groups excluding carboxylic acids is 1. The first kappa shape index (κ1) is 20.8. The van der Waals surface area contributed by atoms with Crippen molar-refractivity contribution in [3.05, 3.63) is 48.0 Å². The number of hydrogen-bond acceptors (Lipinski definition) is 10. The van der Waals surface area contributed by atoms with Crippen molar-refractivity contribution < 1.29 is 28.8 Å². The number of aromatic nitrogens is 4. The minimum atomic E-state index is -0.834. The first-order valence-corrected chi connectivity index (χ1v) is 10.2. The Hall–Kier alpha value is -3.12. The fourth-order valence-electron chi connectivity index (χ4n) is 4.11. The Bertz CT molecular complexity index is 1160. The molecule has 2 saturated heterocycles. The number of esters is 1. The van der Waals surface area contributed by atoms with Crippen LogP contribution in [0, 0.1) is 0 Å². The van der Waals surface area contributed by atoms with Gasteiger partial charge in [0.1, 0.15) is 36.8 Å². The molecule has 4 atom stereocenters.